The summed E-state index contributed by atoms with van der Waals surface area (Å²) in [6.45, 7) is 3.79. The minimum absolute atomic E-state index is 0.0238. The maximum Gasteiger partial charge on any atom is 0.310 e. The van der Waals surface area contributed by atoms with E-state index >= 15 is 0 Å². The highest BCUT2D eigenvalue weighted by molar-refractivity contribution is 5.73. The minimum atomic E-state index is -0.0238. The Morgan fingerprint density at radius 2 is 2.00 bits per heavy atom. The van der Waals surface area contributed by atoms with Crippen LogP contribution in [0.3, 0.4) is 0 Å². The fraction of sp³-hybridized carbons (Fsp3) is 0.923. The molecule has 0 radical (unpaired) electrons. The first-order chi connectivity index (χ1) is 8.20. The van der Waals surface area contributed by atoms with Gasteiger partial charge in [0.2, 0.25) is 0 Å². The zero-order valence-corrected chi connectivity index (χ0v) is 10.8. The summed E-state index contributed by atoms with van der Waals surface area (Å²) in [4.78, 5) is 12.0. The predicted octanol–water partition coefficient (Wildman–Crippen LogP) is 1.34. The van der Waals surface area contributed by atoms with Crippen LogP contribution in [0.2, 0.25) is 0 Å². The summed E-state index contributed by atoms with van der Waals surface area (Å²) >= 11 is 0. The molecule has 0 spiro atoms. The van der Waals surface area contributed by atoms with Crippen LogP contribution in [0.5, 0.6) is 0 Å². The second kappa shape index (κ2) is 5.83. The molecule has 4 nitrogen and oxygen atoms in total. The second-order valence-electron chi connectivity index (χ2n) is 5.33. The summed E-state index contributed by atoms with van der Waals surface area (Å²) in [5.74, 6) is 0.409. The fourth-order valence-corrected chi connectivity index (χ4v) is 2.80. The van der Waals surface area contributed by atoms with Crippen LogP contribution in [0, 0.1) is 11.8 Å². The van der Waals surface area contributed by atoms with E-state index in [0.29, 0.717) is 5.92 Å². The van der Waals surface area contributed by atoms with Crippen LogP contribution in [-0.4, -0.2) is 38.4 Å². The van der Waals surface area contributed by atoms with Crippen molar-refractivity contribution in [1.29, 1.82) is 0 Å². The van der Waals surface area contributed by atoms with E-state index < -0.39 is 0 Å². The first kappa shape index (κ1) is 12.8. The molecular formula is C13H23NO3. The molecule has 98 valence electrons. The smallest absolute Gasteiger partial charge is 0.310 e. The van der Waals surface area contributed by atoms with E-state index in [0.717, 1.165) is 38.8 Å². The third-order valence-electron chi connectivity index (χ3n) is 4.01. The molecule has 2 rings (SSSR count). The number of esters is 1. The molecule has 2 unspecified atom stereocenters. The van der Waals surface area contributed by atoms with Crippen LogP contribution < -0.4 is 5.32 Å². The average Bonchev–Trinajstić information content (AvgIpc) is 2.76. The molecule has 1 aliphatic carbocycles. The standard InChI is InChI=1S/C13H23NO3/c1-9-7-14-8-12(9)13(15)17-11-5-3-4-10(6-11)16-2/h9-12,14H,3-8H2,1-2H3/t9-,10?,11?,12-/m1/s1. The maximum absolute atomic E-state index is 12.0. The highest BCUT2D eigenvalue weighted by atomic mass is 16.5. The number of carbonyl (C=O) groups excluding carboxylic acids is 1. The third kappa shape index (κ3) is 3.19. The van der Waals surface area contributed by atoms with Gasteiger partial charge in [0.1, 0.15) is 6.10 Å². The van der Waals surface area contributed by atoms with Crippen molar-refractivity contribution in [2.24, 2.45) is 11.8 Å². The summed E-state index contributed by atoms with van der Waals surface area (Å²) < 4.78 is 11.0. The van der Waals surface area contributed by atoms with E-state index in [9.17, 15) is 4.79 Å². The lowest BCUT2D eigenvalue weighted by molar-refractivity contribution is -0.158. The van der Waals surface area contributed by atoms with Crippen molar-refractivity contribution in [2.45, 2.75) is 44.8 Å². The Bertz CT molecular complexity index is 269. The van der Waals surface area contributed by atoms with Gasteiger partial charge in [-0.2, -0.15) is 0 Å². The maximum atomic E-state index is 12.0. The van der Waals surface area contributed by atoms with Crippen LogP contribution in [0.25, 0.3) is 0 Å². The van der Waals surface area contributed by atoms with Crippen molar-refractivity contribution in [3.63, 3.8) is 0 Å². The topological polar surface area (TPSA) is 47.6 Å². The van der Waals surface area contributed by atoms with Crippen LogP contribution in [-0.2, 0) is 14.3 Å². The number of hydrogen-bond donors (Lipinski definition) is 1. The largest absolute Gasteiger partial charge is 0.462 e. The van der Waals surface area contributed by atoms with Crippen molar-refractivity contribution in [3.05, 3.63) is 0 Å². The van der Waals surface area contributed by atoms with Gasteiger partial charge in [-0.1, -0.05) is 6.92 Å². The molecule has 0 aromatic heterocycles. The molecule has 1 N–H and O–H groups in total. The summed E-state index contributed by atoms with van der Waals surface area (Å²) in [6, 6.07) is 0. The van der Waals surface area contributed by atoms with E-state index in [4.69, 9.17) is 9.47 Å². The van der Waals surface area contributed by atoms with Gasteiger partial charge < -0.3 is 14.8 Å². The van der Waals surface area contributed by atoms with E-state index in [1.54, 1.807) is 7.11 Å². The SMILES string of the molecule is COC1CCCC(OC(=O)[C@@H]2CNC[C@H]2C)C1. The van der Waals surface area contributed by atoms with Crippen molar-refractivity contribution < 1.29 is 14.3 Å². The molecule has 1 saturated heterocycles. The Hall–Kier alpha value is -0.610. The normalized spacial score (nSPS) is 38.0. The van der Waals surface area contributed by atoms with Crippen molar-refractivity contribution in [3.8, 4) is 0 Å². The van der Waals surface area contributed by atoms with Crippen LogP contribution >= 0.6 is 0 Å². The molecule has 0 aromatic rings. The lowest BCUT2D eigenvalue weighted by Crippen LogP contribution is -2.33. The number of methoxy groups -OCH3 is 1. The Morgan fingerprint density at radius 3 is 2.65 bits per heavy atom. The van der Waals surface area contributed by atoms with Gasteiger partial charge in [0, 0.05) is 20.1 Å². The number of carbonyl (C=O) groups is 1. The molecule has 0 bridgehead atoms. The average molecular weight is 241 g/mol. The van der Waals surface area contributed by atoms with E-state index in [-0.39, 0.29) is 24.1 Å². The Kier molecular flexibility index (Phi) is 4.40. The summed E-state index contributed by atoms with van der Waals surface area (Å²) in [5.41, 5.74) is 0. The molecule has 0 amide bonds. The number of ether oxygens (including phenoxy) is 2. The van der Waals surface area contributed by atoms with Crippen LogP contribution in [0.1, 0.15) is 32.6 Å². The molecule has 4 heteroatoms. The number of nitrogens with one attached hydrogen (secondary N) is 1. The first-order valence-electron chi connectivity index (χ1n) is 6.64. The molecule has 1 saturated carbocycles. The third-order valence-corrected chi connectivity index (χ3v) is 4.01. The van der Waals surface area contributed by atoms with Crippen LogP contribution in [0.4, 0.5) is 0 Å². The van der Waals surface area contributed by atoms with Crippen molar-refractivity contribution in [1.82, 2.24) is 5.32 Å². The van der Waals surface area contributed by atoms with Gasteiger partial charge in [-0.25, -0.2) is 0 Å². The first-order valence-corrected chi connectivity index (χ1v) is 6.64. The fourth-order valence-electron chi connectivity index (χ4n) is 2.80. The van der Waals surface area contributed by atoms with Gasteiger partial charge >= 0.3 is 5.97 Å². The van der Waals surface area contributed by atoms with Gasteiger partial charge in [0.25, 0.3) is 0 Å². The van der Waals surface area contributed by atoms with Gasteiger partial charge in [-0.3, -0.25) is 4.79 Å². The molecule has 2 fully saturated rings. The predicted molar refractivity (Wildman–Crippen MR) is 64.7 cm³/mol. The van der Waals surface area contributed by atoms with Crippen molar-refractivity contribution in [2.75, 3.05) is 20.2 Å². The van der Waals surface area contributed by atoms with Gasteiger partial charge in [0.05, 0.1) is 12.0 Å². The van der Waals surface area contributed by atoms with Gasteiger partial charge in [-0.15, -0.1) is 0 Å². The zero-order chi connectivity index (χ0) is 12.3. The summed E-state index contributed by atoms with van der Waals surface area (Å²) in [7, 11) is 1.73. The Labute approximate surface area is 103 Å². The van der Waals surface area contributed by atoms with E-state index in [1.165, 1.54) is 0 Å². The molecule has 0 aromatic carbocycles. The molecular weight excluding hydrogens is 218 g/mol. The monoisotopic (exact) mass is 241 g/mol. The minimum Gasteiger partial charge on any atom is -0.462 e. The molecule has 17 heavy (non-hydrogen) atoms. The Balaban J connectivity index is 1.81. The zero-order valence-electron chi connectivity index (χ0n) is 10.8. The van der Waals surface area contributed by atoms with Crippen LogP contribution in [0.15, 0.2) is 0 Å². The molecule has 2 aliphatic rings. The summed E-state index contributed by atoms with van der Waals surface area (Å²) in [5, 5.41) is 3.23. The number of rotatable bonds is 3. The highest BCUT2D eigenvalue weighted by Gasteiger charge is 2.33. The van der Waals surface area contributed by atoms with E-state index in [2.05, 4.69) is 12.2 Å². The highest BCUT2D eigenvalue weighted by Crippen LogP contribution is 2.25. The van der Waals surface area contributed by atoms with E-state index in [1.807, 2.05) is 0 Å². The van der Waals surface area contributed by atoms with Crippen molar-refractivity contribution >= 4 is 5.97 Å². The van der Waals surface area contributed by atoms with Gasteiger partial charge in [-0.05, 0) is 31.7 Å². The lowest BCUT2D eigenvalue weighted by Gasteiger charge is -2.29. The van der Waals surface area contributed by atoms with Gasteiger partial charge in [0.15, 0.2) is 0 Å². The Morgan fingerprint density at radius 1 is 1.24 bits per heavy atom. The number of hydrogen-bond acceptors (Lipinski definition) is 4. The quantitative estimate of drug-likeness (QED) is 0.758. The lowest BCUT2D eigenvalue weighted by atomic mass is 9.94. The summed E-state index contributed by atoms with van der Waals surface area (Å²) in [6.07, 6.45) is 4.35. The second-order valence-corrected chi connectivity index (χ2v) is 5.33. The molecule has 1 heterocycles. The molecule has 1 aliphatic heterocycles. The molecule has 4 atom stereocenters.